The van der Waals surface area contributed by atoms with E-state index in [0.717, 1.165) is 5.56 Å². The summed E-state index contributed by atoms with van der Waals surface area (Å²) in [6, 6.07) is 15.6. The molecule has 3 amide bonds. The summed E-state index contributed by atoms with van der Waals surface area (Å²) in [5, 5.41) is 15.4. The second kappa shape index (κ2) is 9.79. The Hall–Kier alpha value is -3.43. The Morgan fingerprint density at radius 1 is 1.11 bits per heavy atom. The van der Waals surface area contributed by atoms with Crippen molar-refractivity contribution in [3.8, 4) is 5.75 Å². The molecule has 3 saturated heterocycles. The van der Waals surface area contributed by atoms with E-state index in [2.05, 4.69) is 10.6 Å². The molecule has 1 spiro atoms. The fourth-order valence-electron chi connectivity index (χ4n) is 6.39. The molecule has 3 heterocycles. The number of carbonyl (C=O) groups excluding carboxylic acids is 3. The fraction of sp³-hybridized carbons (Fsp3) is 0.464. The molecular weight excluding hydrogens is 474 g/mol. The van der Waals surface area contributed by atoms with E-state index in [-0.39, 0.29) is 30.9 Å². The van der Waals surface area contributed by atoms with Crippen LogP contribution in [0.2, 0.25) is 0 Å². The van der Waals surface area contributed by atoms with E-state index in [1.54, 1.807) is 31.4 Å². The van der Waals surface area contributed by atoms with Gasteiger partial charge >= 0.3 is 0 Å². The van der Waals surface area contributed by atoms with Gasteiger partial charge < -0.3 is 30.1 Å². The minimum absolute atomic E-state index is 0.117. The zero-order valence-electron chi connectivity index (χ0n) is 21.1. The normalized spacial score (nSPS) is 29.8. The van der Waals surface area contributed by atoms with E-state index in [1.165, 1.54) is 4.90 Å². The average molecular weight is 508 g/mol. The smallest absolute Gasteiger partial charge is 0.250 e. The number of aliphatic hydroxyl groups excluding tert-OH is 1. The standard InChI is InChI=1S/C28H33N3O6/c1-27-13-14-28(37-27)22(21(27)24(33)29-17-18-7-4-3-5-8-18)26(35)31(15-6-16-32)23(28)25(34)30-19-9-11-20(36-2)12-10-19/h3-5,7-12,21-23,32H,6,13-17H2,1-2H3,(H,29,33)(H,30,34)/t21-,22+,23?,27+,28?/m1/s1. The third kappa shape index (κ3) is 4.26. The molecule has 5 atom stereocenters. The summed E-state index contributed by atoms with van der Waals surface area (Å²) >= 11 is 0. The lowest BCUT2D eigenvalue weighted by atomic mass is 9.66. The van der Waals surface area contributed by atoms with Gasteiger partial charge in [0.05, 0.1) is 24.5 Å². The predicted molar refractivity (Wildman–Crippen MR) is 136 cm³/mol. The van der Waals surface area contributed by atoms with E-state index in [4.69, 9.17) is 9.47 Å². The molecule has 196 valence electrons. The van der Waals surface area contributed by atoms with Gasteiger partial charge in [-0.2, -0.15) is 0 Å². The van der Waals surface area contributed by atoms with Gasteiger partial charge in [-0.25, -0.2) is 0 Å². The van der Waals surface area contributed by atoms with Gasteiger partial charge in [0.1, 0.15) is 17.4 Å². The van der Waals surface area contributed by atoms with Crippen LogP contribution in [0.1, 0.15) is 31.7 Å². The number of carbonyl (C=O) groups is 3. The number of likely N-dealkylation sites (tertiary alicyclic amines) is 1. The molecule has 3 fully saturated rings. The molecule has 2 unspecified atom stereocenters. The number of hydrogen-bond donors (Lipinski definition) is 3. The zero-order valence-corrected chi connectivity index (χ0v) is 21.1. The third-order valence-corrected chi connectivity index (χ3v) is 8.03. The van der Waals surface area contributed by atoms with Crippen molar-refractivity contribution in [3.63, 3.8) is 0 Å². The van der Waals surface area contributed by atoms with Crippen molar-refractivity contribution in [3.05, 3.63) is 60.2 Å². The van der Waals surface area contributed by atoms with Gasteiger partial charge in [-0.15, -0.1) is 0 Å². The van der Waals surface area contributed by atoms with E-state index in [1.807, 2.05) is 37.3 Å². The van der Waals surface area contributed by atoms with Crippen molar-refractivity contribution in [2.24, 2.45) is 11.8 Å². The summed E-state index contributed by atoms with van der Waals surface area (Å²) < 4.78 is 11.8. The van der Waals surface area contributed by atoms with E-state index in [0.29, 0.717) is 37.2 Å². The van der Waals surface area contributed by atoms with Crippen LogP contribution in [0.5, 0.6) is 5.75 Å². The fourth-order valence-corrected chi connectivity index (χ4v) is 6.39. The summed E-state index contributed by atoms with van der Waals surface area (Å²) in [6.45, 7) is 2.30. The molecule has 3 aliphatic heterocycles. The van der Waals surface area contributed by atoms with Crippen molar-refractivity contribution in [1.29, 1.82) is 0 Å². The number of benzene rings is 2. The highest BCUT2D eigenvalue weighted by Crippen LogP contribution is 2.63. The van der Waals surface area contributed by atoms with Gasteiger partial charge in [-0.3, -0.25) is 14.4 Å². The number of nitrogens with zero attached hydrogens (tertiary/aromatic N) is 1. The Bertz CT molecular complexity index is 1170. The SMILES string of the molecule is COc1ccc(NC(=O)C2N(CCCO)C(=O)[C@@H]3[C@H](C(=O)NCc4ccccc4)[C@]4(C)CCC23O4)cc1. The lowest BCUT2D eigenvalue weighted by Gasteiger charge is -2.33. The Kier molecular flexibility index (Phi) is 6.68. The van der Waals surface area contributed by atoms with E-state index >= 15 is 0 Å². The molecule has 9 heteroatoms. The summed E-state index contributed by atoms with van der Waals surface area (Å²) in [5.74, 6) is -1.71. The molecule has 2 bridgehead atoms. The molecule has 0 aromatic heterocycles. The number of aliphatic hydroxyl groups is 1. The molecule has 2 aromatic carbocycles. The van der Waals surface area contributed by atoms with Crippen LogP contribution in [-0.2, 0) is 25.7 Å². The maximum absolute atomic E-state index is 13.8. The molecule has 0 radical (unpaired) electrons. The van der Waals surface area contributed by atoms with Crippen LogP contribution >= 0.6 is 0 Å². The Labute approximate surface area is 216 Å². The second-order valence-electron chi connectivity index (χ2n) is 10.3. The average Bonchev–Trinajstić information content (AvgIpc) is 3.47. The monoisotopic (exact) mass is 507 g/mol. The van der Waals surface area contributed by atoms with Gasteiger partial charge in [-0.1, -0.05) is 30.3 Å². The first kappa shape index (κ1) is 25.2. The van der Waals surface area contributed by atoms with E-state index in [9.17, 15) is 19.5 Å². The highest BCUT2D eigenvalue weighted by atomic mass is 16.5. The lowest BCUT2D eigenvalue weighted by molar-refractivity contribution is -0.144. The Morgan fingerprint density at radius 2 is 1.84 bits per heavy atom. The number of rotatable bonds is 9. The summed E-state index contributed by atoms with van der Waals surface area (Å²) in [4.78, 5) is 42.6. The number of anilines is 1. The van der Waals surface area contributed by atoms with Crippen LogP contribution in [0.25, 0.3) is 0 Å². The summed E-state index contributed by atoms with van der Waals surface area (Å²) in [6.07, 6.45) is 1.39. The third-order valence-electron chi connectivity index (χ3n) is 8.03. The van der Waals surface area contributed by atoms with Crippen LogP contribution in [-0.4, -0.2) is 65.2 Å². The minimum atomic E-state index is -1.10. The zero-order chi connectivity index (χ0) is 26.2. The molecule has 2 aromatic rings. The number of methoxy groups -OCH3 is 1. The number of nitrogens with one attached hydrogen (secondary N) is 2. The van der Waals surface area contributed by atoms with Crippen molar-refractivity contribution >= 4 is 23.4 Å². The van der Waals surface area contributed by atoms with Crippen LogP contribution < -0.4 is 15.4 Å². The minimum Gasteiger partial charge on any atom is -0.497 e. The highest BCUT2D eigenvalue weighted by molar-refractivity contribution is 6.03. The molecule has 37 heavy (non-hydrogen) atoms. The number of fused-ring (bicyclic) bond motifs is 1. The number of ether oxygens (including phenoxy) is 2. The van der Waals surface area contributed by atoms with Gasteiger partial charge in [0.15, 0.2) is 0 Å². The van der Waals surface area contributed by atoms with E-state index < -0.39 is 29.1 Å². The van der Waals surface area contributed by atoms with Gasteiger partial charge in [-0.05, 0) is 56.0 Å². The topological polar surface area (TPSA) is 117 Å². The molecule has 3 aliphatic rings. The first-order valence-electron chi connectivity index (χ1n) is 12.7. The van der Waals surface area contributed by atoms with Crippen molar-refractivity contribution in [1.82, 2.24) is 10.2 Å². The maximum Gasteiger partial charge on any atom is 0.250 e. The van der Waals surface area contributed by atoms with Crippen LogP contribution in [0.4, 0.5) is 5.69 Å². The molecule has 0 saturated carbocycles. The predicted octanol–water partition coefficient (Wildman–Crippen LogP) is 2.10. The van der Waals surface area contributed by atoms with Crippen LogP contribution in [0.3, 0.4) is 0 Å². The van der Waals surface area contributed by atoms with Crippen LogP contribution in [0.15, 0.2) is 54.6 Å². The highest BCUT2D eigenvalue weighted by Gasteiger charge is 2.77. The number of hydrogen-bond acceptors (Lipinski definition) is 6. The van der Waals surface area contributed by atoms with Crippen LogP contribution in [0, 0.1) is 11.8 Å². The number of amides is 3. The maximum atomic E-state index is 13.8. The summed E-state index contributed by atoms with van der Waals surface area (Å²) in [5.41, 5.74) is -0.426. The first-order chi connectivity index (χ1) is 17.8. The first-order valence-corrected chi connectivity index (χ1v) is 12.7. The van der Waals surface area contributed by atoms with Gasteiger partial charge in [0.25, 0.3) is 0 Å². The van der Waals surface area contributed by atoms with Crippen molar-refractivity contribution < 1.29 is 29.0 Å². The second-order valence-corrected chi connectivity index (χ2v) is 10.3. The quantitative estimate of drug-likeness (QED) is 0.479. The van der Waals surface area contributed by atoms with Crippen molar-refractivity contribution in [2.45, 2.75) is 50.0 Å². The molecule has 3 N–H and O–H groups in total. The molecule has 0 aliphatic carbocycles. The van der Waals surface area contributed by atoms with Gasteiger partial charge in [0, 0.05) is 25.4 Å². The largest absolute Gasteiger partial charge is 0.497 e. The Balaban J connectivity index is 1.43. The van der Waals surface area contributed by atoms with Crippen molar-refractivity contribution in [2.75, 3.05) is 25.6 Å². The molecule has 5 rings (SSSR count). The van der Waals surface area contributed by atoms with Gasteiger partial charge in [0.2, 0.25) is 17.7 Å². The summed E-state index contributed by atoms with van der Waals surface area (Å²) in [7, 11) is 1.57. The lowest BCUT2D eigenvalue weighted by Crippen LogP contribution is -2.53. The molecule has 9 nitrogen and oxygen atoms in total. The molecular formula is C28H33N3O6. The Morgan fingerprint density at radius 3 is 2.51 bits per heavy atom.